The molecular weight excluding hydrogens is 292 g/mol. The molecule has 1 nitrogen and oxygen atoms in total. The van der Waals surface area contributed by atoms with Crippen molar-refractivity contribution in [2.45, 2.75) is 59.3 Å². The molecule has 0 saturated heterocycles. The van der Waals surface area contributed by atoms with E-state index in [0.29, 0.717) is 0 Å². The Labute approximate surface area is 148 Å². The number of hydrogen-bond donors (Lipinski definition) is 0. The summed E-state index contributed by atoms with van der Waals surface area (Å²) in [6.45, 7) is 14.4. The number of allylic oxidation sites excluding steroid dienone is 4. The normalized spacial score (nSPS) is 16.0. The van der Waals surface area contributed by atoms with Crippen molar-refractivity contribution < 1.29 is 4.74 Å². The van der Waals surface area contributed by atoms with Gasteiger partial charge in [-0.15, -0.1) is 0 Å². The van der Waals surface area contributed by atoms with Crippen molar-refractivity contribution in [3.05, 3.63) is 59.4 Å². The fraction of sp³-hybridized carbons (Fsp3) is 0.478. The maximum absolute atomic E-state index is 5.56. The summed E-state index contributed by atoms with van der Waals surface area (Å²) in [5.41, 5.74) is 7.14. The fourth-order valence-electron chi connectivity index (χ4n) is 3.77. The lowest BCUT2D eigenvalue weighted by Crippen LogP contribution is -2.03. The molecule has 1 aliphatic carbocycles. The third-order valence-corrected chi connectivity index (χ3v) is 5.25. The Kier molecular flexibility index (Phi) is 6.48. The highest BCUT2D eigenvalue weighted by Gasteiger charge is 2.18. The Hall–Kier alpha value is -1.76. The van der Waals surface area contributed by atoms with Crippen molar-refractivity contribution in [1.29, 1.82) is 0 Å². The van der Waals surface area contributed by atoms with Gasteiger partial charge in [-0.05, 0) is 67.9 Å². The van der Waals surface area contributed by atoms with Crippen LogP contribution in [0.4, 0.5) is 0 Å². The van der Waals surface area contributed by atoms with E-state index in [9.17, 15) is 0 Å². The van der Waals surface area contributed by atoms with Crippen LogP contribution in [0.5, 0.6) is 0 Å². The van der Waals surface area contributed by atoms with Gasteiger partial charge in [0.05, 0.1) is 7.11 Å². The van der Waals surface area contributed by atoms with Gasteiger partial charge in [0.1, 0.15) is 5.76 Å². The summed E-state index contributed by atoms with van der Waals surface area (Å²) >= 11 is 0. The SMILES string of the molecule is C=C(C)/C(=C(/C)OC)c1cc(C(=C)C)ccc1CCC1CCCC1. The van der Waals surface area contributed by atoms with Gasteiger partial charge in [0.15, 0.2) is 0 Å². The van der Waals surface area contributed by atoms with E-state index in [1.54, 1.807) is 7.11 Å². The average Bonchev–Trinajstić information content (AvgIpc) is 3.06. The lowest BCUT2D eigenvalue weighted by atomic mass is 9.88. The van der Waals surface area contributed by atoms with Crippen molar-refractivity contribution in [2.75, 3.05) is 7.11 Å². The van der Waals surface area contributed by atoms with Gasteiger partial charge in [0, 0.05) is 5.57 Å². The van der Waals surface area contributed by atoms with Crippen LogP contribution in [-0.2, 0) is 11.2 Å². The minimum atomic E-state index is 0.902. The van der Waals surface area contributed by atoms with Crippen LogP contribution in [0.1, 0.15) is 69.6 Å². The van der Waals surface area contributed by atoms with Crippen LogP contribution in [-0.4, -0.2) is 7.11 Å². The van der Waals surface area contributed by atoms with Gasteiger partial charge < -0.3 is 4.74 Å². The van der Waals surface area contributed by atoms with E-state index in [4.69, 9.17) is 4.74 Å². The number of ether oxygens (including phenoxy) is 1. The van der Waals surface area contributed by atoms with Crippen LogP contribution in [0, 0.1) is 5.92 Å². The van der Waals surface area contributed by atoms with Crippen LogP contribution in [0.2, 0.25) is 0 Å². The third-order valence-electron chi connectivity index (χ3n) is 5.25. The summed E-state index contributed by atoms with van der Waals surface area (Å²) in [6, 6.07) is 6.74. The smallest absolute Gasteiger partial charge is 0.100 e. The summed E-state index contributed by atoms with van der Waals surface area (Å²) < 4.78 is 5.56. The van der Waals surface area contributed by atoms with Crippen LogP contribution >= 0.6 is 0 Å². The highest BCUT2D eigenvalue weighted by molar-refractivity contribution is 5.82. The molecule has 0 N–H and O–H groups in total. The standard InChI is InChI=1S/C23H32O/c1-16(2)21-14-13-20(12-11-19-9-7-8-10-19)22(15-21)23(17(3)4)18(5)24-6/h13-15,19H,1,3,7-12H2,2,4-6H3/b23-18+. The number of benzene rings is 1. The van der Waals surface area contributed by atoms with Crippen molar-refractivity contribution >= 4 is 11.1 Å². The summed E-state index contributed by atoms with van der Waals surface area (Å²) in [5, 5.41) is 0. The molecule has 0 atom stereocenters. The van der Waals surface area contributed by atoms with E-state index in [1.807, 2.05) is 6.92 Å². The largest absolute Gasteiger partial charge is 0.501 e. The summed E-state index contributed by atoms with van der Waals surface area (Å²) in [7, 11) is 1.74. The molecule has 1 aromatic carbocycles. The molecule has 1 fully saturated rings. The molecule has 0 bridgehead atoms. The van der Waals surface area contributed by atoms with Crippen LogP contribution < -0.4 is 0 Å². The molecule has 1 heteroatoms. The van der Waals surface area contributed by atoms with E-state index >= 15 is 0 Å². The van der Waals surface area contributed by atoms with Crippen LogP contribution in [0.15, 0.2) is 42.7 Å². The molecule has 0 unspecified atom stereocenters. The van der Waals surface area contributed by atoms with E-state index in [1.165, 1.54) is 48.8 Å². The Morgan fingerprint density at radius 2 is 1.79 bits per heavy atom. The predicted octanol–water partition coefficient (Wildman–Crippen LogP) is 6.80. The fourth-order valence-corrected chi connectivity index (χ4v) is 3.77. The molecule has 0 radical (unpaired) electrons. The van der Waals surface area contributed by atoms with E-state index in [0.717, 1.165) is 34.8 Å². The molecule has 0 aliphatic heterocycles. The Morgan fingerprint density at radius 3 is 2.33 bits per heavy atom. The molecule has 24 heavy (non-hydrogen) atoms. The maximum Gasteiger partial charge on any atom is 0.100 e. The van der Waals surface area contributed by atoms with Crippen LogP contribution in [0.3, 0.4) is 0 Å². The molecule has 1 aliphatic rings. The summed E-state index contributed by atoms with van der Waals surface area (Å²) in [4.78, 5) is 0. The lowest BCUT2D eigenvalue weighted by molar-refractivity contribution is 0.296. The first-order valence-electron chi connectivity index (χ1n) is 9.14. The molecule has 2 rings (SSSR count). The van der Waals surface area contributed by atoms with E-state index < -0.39 is 0 Å². The first-order valence-corrected chi connectivity index (χ1v) is 9.14. The second-order valence-electron chi connectivity index (χ2n) is 7.26. The topological polar surface area (TPSA) is 9.23 Å². The van der Waals surface area contributed by atoms with Gasteiger partial charge in [0.2, 0.25) is 0 Å². The first-order chi connectivity index (χ1) is 11.4. The van der Waals surface area contributed by atoms with Gasteiger partial charge >= 0.3 is 0 Å². The number of aryl methyl sites for hydroxylation is 1. The Balaban J connectivity index is 2.41. The molecule has 0 spiro atoms. The van der Waals surface area contributed by atoms with Gasteiger partial charge in [0.25, 0.3) is 0 Å². The summed E-state index contributed by atoms with van der Waals surface area (Å²) in [6.07, 6.45) is 8.04. The number of methoxy groups -OCH3 is 1. The van der Waals surface area contributed by atoms with Gasteiger partial charge in [-0.3, -0.25) is 0 Å². The molecule has 0 amide bonds. The van der Waals surface area contributed by atoms with Crippen molar-refractivity contribution in [3.8, 4) is 0 Å². The minimum Gasteiger partial charge on any atom is -0.501 e. The Bertz CT molecular complexity index is 642. The third kappa shape index (κ3) is 4.41. The Morgan fingerprint density at radius 1 is 1.12 bits per heavy atom. The molecule has 1 saturated carbocycles. The quantitative estimate of drug-likeness (QED) is 0.396. The number of rotatable bonds is 7. The van der Waals surface area contributed by atoms with Crippen LogP contribution in [0.25, 0.3) is 11.1 Å². The van der Waals surface area contributed by atoms with E-state index in [2.05, 4.69) is 45.2 Å². The molecule has 1 aromatic rings. The van der Waals surface area contributed by atoms with Crippen molar-refractivity contribution in [1.82, 2.24) is 0 Å². The molecule has 130 valence electrons. The highest BCUT2D eigenvalue weighted by Crippen LogP contribution is 2.34. The van der Waals surface area contributed by atoms with Crippen molar-refractivity contribution in [2.24, 2.45) is 5.92 Å². The average molecular weight is 325 g/mol. The zero-order chi connectivity index (χ0) is 17.7. The van der Waals surface area contributed by atoms with Gasteiger partial charge in [-0.25, -0.2) is 0 Å². The molecular formula is C23H32O. The second-order valence-corrected chi connectivity index (χ2v) is 7.26. The molecule has 0 aromatic heterocycles. The molecule has 0 heterocycles. The zero-order valence-electron chi connectivity index (χ0n) is 15.9. The van der Waals surface area contributed by atoms with Gasteiger partial charge in [-0.1, -0.05) is 56.5 Å². The highest BCUT2D eigenvalue weighted by atomic mass is 16.5. The first kappa shape index (κ1) is 18.6. The second kappa shape index (κ2) is 8.37. The number of hydrogen-bond acceptors (Lipinski definition) is 1. The minimum absolute atomic E-state index is 0.902. The summed E-state index contributed by atoms with van der Waals surface area (Å²) in [5.74, 6) is 1.84. The van der Waals surface area contributed by atoms with E-state index in [-0.39, 0.29) is 0 Å². The lowest BCUT2D eigenvalue weighted by Gasteiger charge is -2.19. The zero-order valence-corrected chi connectivity index (χ0v) is 15.9. The van der Waals surface area contributed by atoms with Crippen molar-refractivity contribution in [3.63, 3.8) is 0 Å². The monoisotopic (exact) mass is 324 g/mol. The van der Waals surface area contributed by atoms with Gasteiger partial charge in [-0.2, -0.15) is 0 Å². The predicted molar refractivity (Wildman–Crippen MR) is 106 cm³/mol. The maximum atomic E-state index is 5.56.